The second-order valence-corrected chi connectivity index (χ2v) is 6.50. The second-order valence-electron chi connectivity index (χ2n) is 5.66. The summed E-state index contributed by atoms with van der Waals surface area (Å²) in [5, 5.41) is 5.82. The van der Waals surface area contributed by atoms with E-state index in [9.17, 15) is 4.79 Å². The van der Waals surface area contributed by atoms with Crippen LogP contribution in [0.3, 0.4) is 0 Å². The van der Waals surface area contributed by atoms with Gasteiger partial charge in [0.2, 0.25) is 0 Å². The van der Waals surface area contributed by atoms with Crippen molar-refractivity contribution in [3.63, 3.8) is 0 Å². The predicted octanol–water partition coefficient (Wildman–Crippen LogP) is 2.64. The fraction of sp³-hybridized carbons (Fsp3) is 0.375. The van der Waals surface area contributed by atoms with Crippen molar-refractivity contribution in [3.8, 4) is 5.75 Å². The Kier molecular flexibility index (Phi) is 4.02. The van der Waals surface area contributed by atoms with E-state index in [2.05, 4.69) is 17.2 Å². The fourth-order valence-electron chi connectivity index (χ4n) is 2.37. The van der Waals surface area contributed by atoms with Crippen molar-refractivity contribution >= 4 is 22.4 Å². The molecular weight excluding hydrogens is 298 g/mol. The number of hydrogen-bond acceptors (Lipinski definition) is 5. The Morgan fingerprint density at radius 2 is 2.32 bits per heavy atom. The van der Waals surface area contributed by atoms with Crippen LogP contribution < -0.4 is 15.0 Å². The Labute approximate surface area is 133 Å². The van der Waals surface area contributed by atoms with Crippen LogP contribution >= 0.6 is 11.3 Å². The first-order valence-corrected chi connectivity index (χ1v) is 8.09. The van der Waals surface area contributed by atoms with E-state index in [1.165, 1.54) is 0 Å². The zero-order chi connectivity index (χ0) is 15.7. The summed E-state index contributed by atoms with van der Waals surface area (Å²) < 4.78 is 5.55. The number of nitrogens with zero attached hydrogens (tertiary/aromatic N) is 2. The van der Waals surface area contributed by atoms with Crippen LogP contribution in [0.2, 0.25) is 0 Å². The Morgan fingerprint density at radius 3 is 3.05 bits per heavy atom. The molecule has 0 spiro atoms. The van der Waals surface area contributed by atoms with E-state index >= 15 is 0 Å². The van der Waals surface area contributed by atoms with Gasteiger partial charge in [0.15, 0.2) is 5.13 Å². The molecule has 0 saturated carbocycles. The number of anilines is 1. The third-order valence-electron chi connectivity index (χ3n) is 3.64. The molecule has 1 unspecified atom stereocenters. The zero-order valence-corrected chi connectivity index (χ0v) is 13.7. The molecule has 0 saturated heterocycles. The molecule has 0 radical (unpaired) electrons. The van der Waals surface area contributed by atoms with Crippen LogP contribution in [0.1, 0.15) is 34.5 Å². The molecule has 2 aromatic rings. The number of ether oxygens (including phenoxy) is 1. The molecule has 0 aliphatic carbocycles. The Balaban J connectivity index is 1.66. The van der Waals surface area contributed by atoms with E-state index in [4.69, 9.17) is 4.74 Å². The summed E-state index contributed by atoms with van der Waals surface area (Å²) in [5.41, 5.74) is 2.65. The van der Waals surface area contributed by atoms with Crippen LogP contribution in [0.25, 0.3) is 0 Å². The average molecular weight is 317 g/mol. The zero-order valence-electron chi connectivity index (χ0n) is 12.9. The van der Waals surface area contributed by atoms with Crippen LogP contribution in [-0.4, -0.2) is 31.6 Å². The van der Waals surface area contributed by atoms with E-state index in [0.717, 1.165) is 22.1 Å². The van der Waals surface area contributed by atoms with Gasteiger partial charge in [-0.15, -0.1) is 11.3 Å². The number of amides is 1. The molecule has 1 aliphatic rings. The van der Waals surface area contributed by atoms with Gasteiger partial charge in [0, 0.05) is 36.5 Å². The molecule has 1 N–H and O–H groups in total. The largest absolute Gasteiger partial charge is 0.493 e. The van der Waals surface area contributed by atoms with Crippen LogP contribution in [0.5, 0.6) is 5.75 Å². The highest BCUT2D eigenvalue weighted by Crippen LogP contribution is 2.34. The maximum Gasteiger partial charge on any atom is 0.251 e. The van der Waals surface area contributed by atoms with E-state index < -0.39 is 0 Å². The molecule has 1 atom stereocenters. The summed E-state index contributed by atoms with van der Waals surface area (Å²) in [5.74, 6) is 1.14. The summed E-state index contributed by atoms with van der Waals surface area (Å²) in [4.78, 5) is 18.7. The topological polar surface area (TPSA) is 54.5 Å². The minimum atomic E-state index is -0.0821. The van der Waals surface area contributed by atoms with Gasteiger partial charge in [-0.1, -0.05) is 6.92 Å². The lowest BCUT2D eigenvalue weighted by molar-refractivity contribution is 0.0950. The molecule has 0 fully saturated rings. The van der Waals surface area contributed by atoms with Crippen LogP contribution in [-0.2, 0) is 6.54 Å². The van der Waals surface area contributed by atoms with Gasteiger partial charge in [-0.3, -0.25) is 4.79 Å². The van der Waals surface area contributed by atoms with Crippen molar-refractivity contribution in [1.29, 1.82) is 0 Å². The van der Waals surface area contributed by atoms with Crippen molar-refractivity contribution in [1.82, 2.24) is 10.3 Å². The third kappa shape index (κ3) is 2.92. The molecule has 6 heteroatoms. The highest BCUT2D eigenvalue weighted by Gasteiger charge is 2.21. The molecular formula is C16H19N3O2S. The lowest BCUT2D eigenvalue weighted by Gasteiger charge is -2.07. The average Bonchev–Trinajstić information content (AvgIpc) is 3.12. The minimum absolute atomic E-state index is 0.0821. The first-order chi connectivity index (χ1) is 10.5. The Hall–Kier alpha value is -2.08. The lowest BCUT2D eigenvalue weighted by atomic mass is 10.0. The molecule has 5 nitrogen and oxygen atoms in total. The summed E-state index contributed by atoms with van der Waals surface area (Å²) in [7, 11) is 3.91. The minimum Gasteiger partial charge on any atom is -0.493 e. The van der Waals surface area contributed by atoms with Gasteiger partial charge in [-0.2, -0.15) is 0 Å². The van der Waals surface area contributed by atoms with E-state index in [1.807, 2.05) is 36.5 Å². The number of nitrogens with one attached hydrogen (secondary N) is 1. The summed E-state index contributed by atoms with van der Waals surface area (Å²) >= 11 is 1.57. The number of benzene rings is 1. The number of rotatable bonds is 4. The van der Waals surface area contributed by atoms with Gasteiger partial charge >= 0.3 is 0 Å². The smallest absolute Gasteiger partial charge is 0.251 e. The summed E-state index contributed by atoms with van der Waals surface area (Å²) in [6, 6.07) is 5.61. The fourth-order valence-corrected chi connectivity index (χ4v) is 3.12. The maximum atomic E-state index is 12.3. The van der Waals surface area contributed by atoms with Gasteiger partial charge in [-0.25, -0.2) is 4.98 Å². The molecule has 1 aromatic heterocycles. The van der Waals surface area contributed by atoms with Crippen LogP contribution in [0.4, 0.5) is 5.13 Å². The van der Waals surface area contributed by atoms with Gasteiger partial charge in [0.1, 0.15) is 5.75 Å². The van der Waals surface area contributed by atoms with E-state index in [1.54, 1.807) is 17.4 Å². The highest BCUT2D eigenvalue weighted by molar-refractivity contribution is 7.13. The molecule has 0 bridgehead atoms. The Bertz CT molecular complexity index is 696. The number of aromatic nitrogens is 1. The quantitative estimate of drug-likeness (QED) is 0.942. The molecule has 1 aliphatic heterocycles. The molecule has 22 heavy (non-hydrogen) atoms. The highest BCUT2D eigenvalue weighted by atomic mass is 32.1. The van der Waals surface area contributed by atoms with Crippen molar-refractivity contribution in [2.75, 3.05) is 25.6 Å². The standard InChI is InChI=1S/C16H19N3O2S/c1-10-8-21-14-5-4-11(6-13(10)14)15(20)17-7-12-9-22-16(18-12)19(2)3/h4-6,9-10H,7-8H2,1-3H3,(H,17,20). The predicted molar refractivity (Wildman–Crippen MR) is 88.0 cm³/mol. The number of carbonyl (C=O) groups is 1. The van der Waals surface area contributed by atoms with Gasteiger partial charge < -0.3 is 15.0 Å². The summed E-state index contributed by atoms with van der Waals surface area (Å²) in [6.45, 7) is 3.23. The number of hydrogen-bond donors (Lipinski definition) is 1. The van der Waals surface area contributed by atoms with Crippen molar-refractivity contribution in [2.45, 2.75) is 19.4 Å². The van der Waals surface area contributed by atoms with Gasteiger partial charge in [0.25, 0.3) is 5.91 Å². The van der Waals surface area contributed by atoms with E-state index in [-0.39, 0.29) is 5.91 Å². The van der Waals surface area contributed by atoms with Crippen molar-refractivity contribution in [3.05, 3.63) is 40.4 Å². The number of fused-ring (bicyclic) bond motifs is 1. The first kappa shape index (κ1) is 14.8. The molecule has 1 amide bonds. The molecule has 1 aromatic carbocycles. The lowest BCUT2D eigenvalue weighted by Crippen LogP contribution is -2.23. The van der Waals surface area contributed by atoms with E-state index in [0.29, 0.717) is 24.6 Å². The van der Waals surface area contributed by atoms with Crippen molar-refractivity contribution in [2.24, 2.45) is 0 Å². The SMILES string of the molecule is CC1COc2ccc(C(=O)NCc3csc(N(C)C)n3)cc21. The van der Waals surface area contributed by atoms with Gasteiger partial charge in [0.05, 0.1) is 18.8 Å². The number of carbonyl (C=O) groups excluding carboxylic acids is 1. The number of thiazole rings is 1. The van der Waals surface area contributed by atoms with Crippen LogP contribution in [0, 0.1) is 0 Å². The van der Waals surface area contributed by atoms with Crippen molar-refractivity contribution < 1.29 is 9.53 Å². The molecule has 116 valence electrons. The molecule has 3 rings (SSSR count). The van der Waals surface area contributed by atoms with Crippen LogP contribution in [0.15, 0.2) is 23.6 Å². The second kappa shape index (κ2) is 5.96. The maximum absolute atomic E-state index is 12.3. The van der Waals surface area contributed by atoms with Gasteiger partial charge in [-0.05, 0) is 18.2 Å². The molecule has 2 heterocycles. The normalized spacial score (nSPS) is 16.0. The monoisotopic (exact) mass is 317 g/mol. The Morgan fingerprint density at radius 1 is 1.50 bits per heavy atom. The first-order valence-electron chi connectivity index (χ1n) is 7.21. The summed E-state index contributed by atoms with van der Waals surface area (Å²) in [6.07, 6.45) is 0. The third-order valence-corrected chi connectivity index (χ3v) is 4.70.